The molecule has 1 saturated carbocycles. The summed E-state index contributed by atoms with van der Waals surface area (Å²) in [6, 6.07) is 0.492. The van der Waals surface area contributed by atoms with Crippen LogP contribution < -0.4 is 10.6 Å². The molecule has 0 aromatic heterocycles. The Balaban J connectivity index is 1.74. The minimum Gasteiger partial charge on any atom is -0.355 e. The Kier molecular flexibility index (Phi) is 3.01. The van der Waals surface area contributed by atoms with E-state index in [4.69, 9.17) is 0 Å². The number of piperidine rings is 1. The van der Waals surface area contributed by atoms with Gasteiger partial charge in [0, 0.05) is 18.5 Å². The molecule has 1 heterocycles. The molecule has 2 aliphatic rings. The molecule has 0 spiro atoms. The number of hydrogen-bond donors (Lipinski definition) is 2. The normalized spacial score (nSPS) is 33.5. The van der Waals surface area contributed by atoms with Gasteiger partial charge in [0.05, 0.1) is 0 Å². The lowest BCUT2D eigenvalue weighted by atomic mass is 9.92. The third kappa shape index (κ3) is 2.94. The Morgan fingerprint density at radius 2 is 2.27 bits per heavy atom. The minimum absolute atomic E-state index is 0.239. The second-order valence-corrected chi connectivity index (χ2v) is 5.60. The molecular formula is C12H22N2O. The standard InChI is InChI=1S/C12H22N2O/c1-9-7-10(3-6-13-9)11(15)14-8-12(2)4-5-12/h9-10,13H,3-8H2,1-2H3,(H,14,15). The highest BCUT2D eigenvalue weighted by atomic mass is 16.1. The quantitative estimate of drug-likeness (QED) is 0.737. The number of hydrogen-bond acceptors (Lipinski definition) is 2. The first-order valence-corrected chi connectivity index (χ1v) is 6.10. The fourth-order valence-corrected chi connectivity index (χ4v) is 2.21. The molecule has 3 nitrogen and oxygen atoms in total. The van der Waals surface area contributed by atoms with Crippen LogP contribution in [0.4, 0.5) is 0 Å². The van der Waals surface area contributed by atoms with E-state index in [1.165, 1.54) is 12.8 Å². The maximum absolute atomic E-state index is 11.9. The lowest BCUT2D eigenvalue weighted by Gasteiger charge is -2.27. The molecule has 2 fully saturated rings. The Morgan fingerprint density at radius 3 is 2.87 bits per heavy atom. The van der Waals surface area contributed by atoms with Crippen LogP contribution in [-0.4, -0.2) is 25.0 Å². The summed E-state index contributed by atoms with van der Waals surface area (Å²) in [5, 5.41) is 6.48. The molecule has 86 valence electrons. The summed E-state index contributed by atoms with van der Waals surface area (Å²) < 4.78 is 0. The number of nitrogens with one attached hydrogen (secondary N) is 2. The monoisotopic (exact) mass is 210 g/mol. The SMILES string of the molecule is CC1CC(C(=O)NCC2(C)CC2)CCN1. The maximum atomic E-state index is 11.9. The van der Waals surface area contributed by atoms with E-state index in [9.17, 15) is 4.79 Å². The molecule has 2 rings (SSSR count). The van der Waals surface area contributed by atoms with E-state index >= 15 is 0 Å². The van der Waals surface area contributed by atoms with Crippen LogP contribution >= 0.6 is 0 Å². The van der Waals surface area contributed by atoms with Gasteiger partial charge in [0.25, 0.3) is 0 Å². The van der Waals surface area contributed by atoms with Gasteiger partial charge in [-0.3, -0.25) is 4.79 Å². The highest BCUT2D eigenvalue weighted by Gasteiger charge is 2.37. The van der Waals surface area contributed by atoms with Crippen LogP contribution in [-0.2, 0) is 4.79 Å². The number of rotatable bonds is 3. The molecule has 2 atom stereocenters. The fraction of sp³-hybridized carbons (Fsp3) is 0.917. The summed E-state index contributed by atoms with van der Waals surface area (Å²) in [6.07, 6.45) is 4.53. The highest BCUT2D eigenvalue weighted by Crippen LogP contribution is 2.44. The molecule has 0 aromatic rings. The van der Waals surface area contributed by atoms with Crippen molar-refractivity contribution < 1.29 is 4.79 Å². The average molecular weight is 210 g/mol. The van der Waals surface area contributed by atoms with Crippen molar-refractivity contribution in [2.45, 2.75) is 45.6 Å². The Bertz CT molecular complexity index is 248. The van der Waals surface area contributed by atoms with Crippen molar-refractivity contribution in [2.75, 3.05) is 13.1 Å². The molecule has 0 bridgehead atoms. The molecular weight excluding hydrogens is 188 g/mol. The first-order valence-electron chi connectivity index (χ1n) is 6.10. The summed E-state index contributed by atoms with van der Waals surface area (Å²) in [5.74, 6) is 0.514. The number of amides is 1. The zero-order valence-corrected chi connectivity index (χ0v) is 9.81. The van der Waals surface area contributed by atoms with Crippen LogP contribution in [0.3, 0.4) is 0 Å². The number of carbonyl (C=O) groups is 1. The van der Waals surface area contributed by atoms with Gasteiger partial charge >= 0.3 is 0 Å². The van der Waals surface area contributed by atoms with Crippen molar-refractivity contribution >= 4 is 5.91 Å². The fourth-order valence-electron chi connectivity index (χ4n) is 2.21. The summed E-state index contributed by atoms with van der Waals surface area (Å²) in [5.41, 5.74) is 0.425. The van der Waals surface area contributed by atoms with Gasteiger partial charge in [-0.2, -0.15) is 0 Å². The third-order valence-corrected chi connectivity index (χ3v) is 3.79. The van der Waals surface area contributed by atoms with E-state index < -0.39 is 0 Å². The maximum Gasteiger partial charge on any atom is 0.223 e. The smallest absolute Gasteiger partial charge is 0.223 e. The molecule has 1 amide bonds. The predicted octanol–water partition coefficient (Wildman–Crippen LogP) is 1.29. The number of carbonyl (C=O) groups excluding carboxylic acids is 1. The molecule has 2 N–H and O–H groups in total. The van der Waals surface area contributed by atoms with Gasteiger partial charge in [-0.15, -0.1) is 0 Å². The van der Waals surface area contributed by atoms with E-state index in [0.717, 1.165) is 25.9 Å². The average Bonchev–Trinajstić information content (AvgIpc) is 2.94. The van der Waals surface area contributed by atoms with Crippen LogP contribution in [0.25, 0.3) is 0 Å². The van der Waals surface area contributed by atoms with Crippen molar-refractivity contribution in [3.8, 4) is 0 Å². The van der Waals surface area contributed by atoms with E-state index in [0.29, 0.717) is 11.5 Å². The van der Waals surface area contributed by atoms with E-state index in [1.807, 2.05) is 0 Å². The molecule has 0 aromatic carbocycles. The molecule has 1 saturated heterocycles. The van der Waals surface area contributed by atoms with E-state index in [-0.39, 0.29) is 11.8 Å². The third-order valence-electron chi connectivity index (χ3n) is 3.79. The summed E-state index contributed by atoms with van der Waals surface area (Å²) in [7, 11) is 0. The van der Waals surface area contributed by atoms with Gasteiger partial charge < -0.3 is 10.6 Å². The van der Waals surface area contributed by atoms with Crippen molar-refractivity contribution in [3.05, 3.63) is 0 Å². The van der Waals surface area contributed by atoms with Crippen molar-refractivity contribution in [3.63, 3.8) is 0 Å². The Morgan fingerprint density at radius 1 is 1.53 bits per heavy atom. The van der Waals surface area contributed by atoms with Gasteiger partial charge in [-0.25, -0.2) is 0 Å². The summed E-state index contributed by atoms with van der Waals surface area (Å²) >= 11 is 0. The van der Waals surface area contributed by atoms with Crippen LogP contribution in [0.5, 0.6) is 0 Å². The molecule has 2 unspecified atom stereocenters. The van der Waals surface area contributed by atoms with E-state index in [2.05, 4.69) is 24.5 Å². The zero-order valence-electron chi connectivity index (χ0n) is 9.81. The van der Waals surface area contributed by atoms with Crippen molar-refractivity contribution in [1.82, 2.24) is 10.6 Å². The molecule has 3 heteroatoms. The molecule has 0 radical (unpaired) electrons. The van der Waals surface area contributed by atoms with Crippen LogP contribution in [0, 0.1) is 11.3 Å². The summed E-state index contributed by atoms with van der Waals surface area (Å²) in [6.45, 7) is 6.26. The lowest BCUT2D eigenvalue weighted by Crippen LogP contribution is -2.43. The predicted molar refractivity (Wildman–Crippen MR) is 60.5 cm³/mol. The highest BCUT2D eigenvalue weighted by molar-refractivity contribution is 5.78. The van der Waals surface area contributed by atoms with Gasteiger partial charge in [0.1, 0.15) is 0 Å². The van der Waals surface area contributed by atoms with Crippen molar-refractivity contribution in [1.29, 1.82) is 0 Å². The first-order chi connectivity index (χ1) is 7.09. The van der Waals surface area contributed by atoms with Crippen LogP contribution in [0.2, 0.25) is 0 Å². The molecule has 1 aliphatic carbocycles. The Hall–Kier alpha value is -0.570. The second-order valence-electron chi connectivity index (χ2n) is 5.60. The second kappa shape index (κ2) is 4.12. The zero-order chi connectivity index (χ0) is 10.9. The van der Waals surface area contributed by atoms with E-state index in [1.54, 1.807) is 0 Å². The summed E-state index contributed by atoms with van der Waals surface area (Å²) in [4.78, 5) is 11.9. The van der Waals surface area contributed by atoms with Crippen LogP contribution in [0.15, 0.2) is 0 Å². The van der Waals surface area contributed by atoms with Crippen LogP contribution in [0.1, 0.15) is 39.5 Å². The molecule has 1 aliphatic heterocycles. The van der Waals surface area contributed by atoms with Gasteiger partial charge in [0.2, 0.25) is 5.91 Å². The first kappa shape index (κ1) is 10.9. The Labute approximate surface area is 92.0 Å². The lowest BCUT2D eigenvalue weighted by molar-refractivity contribution is -0.126. The van der Waals surface area contributed by atoms with Gasteiger partial charge in [-0.1, -0.05) is 6.92 Å². The van der Waals surface area contributed by atoms with Gasteiger partial charge in [0.15, 0.2) is 0 Å². The van der Waals surface area contributed by atoms with Crippen molar-refractivity contribution in [2.24, 2.45) is 11.3 Å². The van der Waals surface area contributed by atoms with Gasteiger partial charge in [-0.05, 0) is 44.6 Å². The topological polar surface area (TPSA) is 41.1 Å². The largest absolute Gasteiger partial charge is 0.355 e. The minimum atomic E-state index is 0.239. The molecule has 15 heavy (non-hydrogen) atoms.